The van der Waals surface area contributed by atoms with Crippen molar-refractivity contribution in [3.63, 3.8) is 0 Å². The third-order valence-electron chi connectivity index (χ3n) is 0.714. The molecule has 1 nitrogen and oxygen atoms in total. The topological polar surface area (TPSA) is 19.9 Å². The lowest BCUT2D eigenvalue weighted by atomic mass is 9.97. The standard InChI is InChI=1S/C7H13O/c1-7(2,3)5-4-6-8/h4-5H,6H2,1-3H3. The Hall–Kier alpha value is -0.300. The first kappa shape index (κ1) is 7.70. The van der Waals surface area contributed by atoms with E-state index in [0.29, 0.717) is 0 Å². The summed E-state index contributed by atoms with van der Waals surface area (Å²) in [5.74, 6) is 0. The minimum Gasteiger partial charge on any atom is -0.232 e. The highest BCUT2D eigenvalue weighted by Crippen LogP contribution is 2.13. The molecule has 1 heteroatoms. The fraction of sp³-hybridized carbons (Fsp3) is 0.714. The fourth-order valence-electron chi connectivity index (χ4n) is 0.402. The van der Waals surface area contributed by atoms with Gasteiger partial charge in [0, 0.05) is 0 Å². The molecule has 0 aromatic rings. The third-order valence-corrected chi connectivity index (χ3v) is 0.714. The maximum Gasteiger partial charge on any atom is 0.100 e. The highest BCUT2D eigenvalue weighted by molar-refractivity contribution is 4.91. The van der Waals surface area contributed by atoms with Crippen LogP contribution in [0.15, 0.2) is 12.2 Å². The molecule has 0 unspecified atom stereocenters. The van der Waals surface area contributed by atoms with Crippen LogP contribution in [-0.2, 0) is 5.11 Å². The molecule has 0 saturated carbocycles. The quantitative estimate of drug-likeness (QED) is 0.464. The first-order valence-corrected chi connectivity index (χ1v) is 2.82. The average molecular weight is 113 g/mol. The molecule has 0 rings (SSSR count). The zero-order valence-corrected chi connectivity index (χ0v) is 5.77. The van der Waals surface area contributed by atoms with E-state index in [1.807, 2.05) is 6.08 Å². The third kappa shape index (κ3) is 5.70. The van der Waals surface area contributed by atoms with Gasteiger partial charge in [0.2, 0.25) is 0 Å². The van der Waals surface area contributed by atoms with Crippen LogP contribution in [0.4, 0.5) is 0 Å². The summed E-state index contributed by atoms with van der Waals surface area (Å²) in [6.45, 7) is 6.11. The predicted octanol–water partition coefficient (Wildman–Crippen LogP) is 2.02. The summed E-state index contributed by atoms with van der Waals surface area (Å²) in [6, 6.07) is 0. The fourth-order valence-corrected chi connectivity index (χ4v) is 0.402. The molecule has 0 heterocycles. The lowest BCUT2D eigenvalue weighted by Gasteiger charge is -2.09. The highest BCUT2D eigenvalue weighted by atomic mass is 16.2. The summed E-state index contributed by atoms with van der Waals surface area (Å²) < 4.78 is 0. The molecular formula is C7H13O. The van der Waals surface area contributed by atoms with Gasteiger partial charge in [0.1, 0.15) is 6.61 Å². The monoisotopic (exact) mass is 113 g/mol. The molecule has 1 radical (unpaired) electrons. The van der Waals surface area contributed by atoms with E-state index in [2.05, 4.69) is 20.8 Å². The van der Waals surface area contributed by atoms with E-state index in [-0.39, 0.29) is 12.0 Å². The lowest BCUT2D eigenvalue weighted by Crippen LogP contribution is -1.98. The second kappa shape index (κ2) is 2.88. The van der Waals surface area contributed by atoms with Crippen LogP contribution < -0.4 is 0 Å². The molecular weight excluding hydrogens is 100 g/mol. The normalized spacial score (nSPS) is 13.0. The zero-order valence-electron chi connectivity index (χ0n) is 5.77. The van der Waals surface area contributed by atoms with Crippen molar-refractivity contribution in [2.45, 2.75) is 20.8 Å². The Morgan fingerprint density at radius 3 is 2.00 bits per heavy atom. The van der Waals surface area contributed by atoms with E-state index < -0.39 is 0 Å². The van der Waals surface area contributed by atoms with Crippen LogP contribution in [0, 0.1) is 5.41 Å². The molecule has 0 saturated heterocycles. The van der Waals surface area contributed by atoms with Gasteiger partial charge in [-0.05, 0) is 5.41 Å². The van der Waals surface area contributed by atoms with Crippen LogP contribution in [0.25, 0.3) is 0 Å². The van der Waals surface area contributed by atoms with Crippen LogP contribution in [-0.4, -0.2) is 6.61 Å². The molecule has 8 heavy (non-hydrogen) atoms. The van der Waals surface area contributed by atoms with Crippen LogP contribution in [0.2, 0.25) is 0 Å². The van der Waals surface area contributed by atoms with Crippen molar-refractivity contribution in [2.75, 3.05) is 6.61 Å². The molecule has 0 bridgehead atoms. The summed E-state index contributed by atoms with van der Waals surface area (Å²) in [5, 5.41) is 9.89. The largest absolute Gasteiger partial charge is 0.232 e. The van der Waals surface area contributed by atoms with Crippen LogP contribution >= 0.6 is 0 Å². The molecule has 0 spiro atoms. The summed E-state index contributed by atoms with van der Waals surface area (Å²) in [6.07, 6.45) is 3.58. The van der Waals surface area contributed by atoms with E-state index in [4.69, 9.17) is 0 Å². The van der Waals surface area contributed by atoms with Crippen molar-refractivity contribution in [3.8, 4) is 0 Å². The molecule has 0 N–H and O–H groups in total. The van der Waals surface area contributed by atoms with Gasteiger partial charge in [-0.25, -0.2) is 5.11 Å². The van der Waals surface area contributed by atoms with Gasteiger partial charge in [0.05, 0.1) is 0 Å². The van der Waals surface area contributed by atoms with Gasteiger partial charge < -0.3 is 0 Å². The van der Waals surface area contributed by atoms with Crippen LogP contribution in [0.5, 0.6) is 0 Å². The van der Waals surface area contributed by atoms with Gasteiger partial charge in [0.15, 0.2) is 0 Å². The van der Waals surface area contributed by atoms with E-state index >= 15 is 0 Å². The van der Waals surface area contributed by atoms with E-state index in [1.165, 1.54) is 0 Å². The van der Waals surface area contributed by atoms with Crippen molar-refractivity contribution < 1.29 is 5.11 Å². The maximum absolute atomic E-state index is 9.89. The van der Waals surface area contributed by atoms with Crippen molar-refractivity contribution in [1.29, 1.82) is 0 Å². The summed E-state index contributed by atoms with van der Waals surface area (Å²) in [4.78, 5) is 0. The maximum atomic E-state index is 9.89. The van der Waals surface area contributed by atoms with Crippen molar-refractivity contribution in [1.82, 2.24) is 0 Å². The van der Waals surface area contributed by atoms with Crippen LogP contribution in [0.3, 0.4) is 0 Å². The van der Waals surface area contributed by atoms with Gasteiger partial charge in [-0.15, -0.1) is 0 Å². The molecule has 0 aromatic heterocycles. The molecule has 0 fully saturated rings. The van der Waals surface area contributed by atoms with E-state index in [0.717, 1.165) is 0 Å². The van der Waals surface area contributed by atoms with Crippen molar-refractivity contribution in [3.05, 3.63) is 12.2 Å². The van der Waals surface area contributed by atoms with Gasteiger partial charge >= 0.3 is 0 Å². The number of hydrogen-bond donors (Lipinski definition) is 0. The minimum atomic E-state index is -0.0999. The first-order valence-electron chi connectivity index (χ1n) is 2.82. The summed E-state index contributed by atoms with van der Waals surface area (Å²) >= 11 is 0. The smallest absolute Gasteiger partial charge is 0.100 e. The summed E-state index contributed by atoms with van der Waals surface area (Å²) in [5.41, 5.74) is 0.171. The molecule has 0 atom stereocenters. The number of hydrogen-bond acceptors (Lipinski definition) is 0. The van der Waals surface area contributed by atoms with E-state index in [1.54, 1.807) is 6.08 Å². The van der Waals surface area contributed by atoms with Crippen molar-refractivity contribution >= 4 is 0 Å². The van der Waals surface area contributed by atoms with E-state index in [9.17, 15) is 5.11 Å². The van der Waals surface area contributed by atoms with Gasteiger partial charge in [-0.2, -0.15) is 0 Å². The van der Waals surface area contributed by atoms with Gasteiger partial charge in [-0.3, -0.25) is 0 Å². The molecule has 0 amide bonds. The number of rotatable bonds is 1. The molecule has 0 aliphatic carbocycles. The summed E-state index contributed by atoms with van der Waals surface area (Å²) in [7, 11) is 0. The predicted molar refractivity (Wildman–Crippen MR) is 34.1 cm³/mol. The minimum absolute atomic E-state index is 0.0999. The molecule has 0 aliphatic heterocycles. The second-order valence-electron chi connectivity index (χ2n) is 2.94. The number of allylic oxidation sites excluding steroid dienone is 1. The van der Waals surface area contributed by atoms with Gasteiger partial charge in [-0.1, -0.05) is 32.9 Å². The Morgan fingerprint density at radius 2 is 1.88 bits per heavy atom. The van der Waals surface area contributed by atoms with Gasteiger partial charge in [0.25, 0.3) is 0 Å². The Labute approximate surface area is 51.0 Å². The lowest BCUT2D eigenvalue weighted by molar-refractivity contribution is 0.231. The zero-order chi connectivity index (χ0) is 6.62. The Kier molecular flexibility index (Phi) is 2.77. The Morgan fingerprint density at radius 1 is 1.38 bits per heavy atom. The Bertz CT molecular complexity index is 76.9. The molecule has 0 aromatic carbocycles. The first-order chi connectivity index (χ1) is 3.56. The highest BCUT2D eigenvalue weighted by Gasteiger charge is 2.01. The van der Waals surface area contributed by atoms with Crippen LogP contribution in [0.1, 0.15) is 20.8 Å². The molecule has 0 aliphatic rings. The SMILES string of the molecule is CC(C)(C)C=CC[O]. The molecule has 47 valence electrons. The second-order valence-corrected chi connectivity index (χ2v) is 2.94. The average Bonchev–Trinajstić information content (AvgIpc) is 1.59. The Balaban J connectivity index is 3.52. The van der Waals surface area contributed by atoms with Crippen molar-refractivity contribution in [2.24, 2.45) is 5.41 Å².